The number of carbonyl (C=O) groups is 1. The second-order valence-corrected chi connectivity index (χ2v) is 7.48. The molecule has 1 aliphatic rings. The predicted molar refractivity (Wildman–Crippen MR) is 110 cm³/mol. The van der Waals surface area contributed by atoms with Crippen LogP contribution in [0.3, 0.4) is 0 Å². The highest BCUT2D eigenvalue weighted by atomic mass is 16.5. The number of benzene rings is 2. The number of hydrogen-bond acceptors (Lipinski definition) is 3. The van der Waals surface area contributed by atoms with Gasteiger partial charge in [0, 0.05) is 29.4 Å². The maximum absolute atomic E-state index is 13.3. The van der Waals surface area contributed by atoms with E-state index in [1.54, 1.807) is 14.2 Å². The van der Waals surface area contributed by atoms with E-state index in [9.17, 15) is 4.79 Å². The standard InChI is InChI=1S/C23H26N2O3/c1-15-23(17-7-4-5-8-19(17)24-15)21(26)14-25-12-6-9-20(25)18-13-16(27-2)10-11-22(18)28-3/h4-5,7-8,10-11,13,20,24H,6,9,12,14H2,1-3H3/p+1/t20-/m1/s1. The minimum Gasteiger partial charge on any atom is -0.497 e. The number of para-hydroxylation sites is 1. The minimum absolute atomic E-state index is 0.193. The molecule has 2 heterocycles. The molecule has 0 spiro atoms. The molecule has 2 N–H and O–H groups in total. The van der Waals surface area contributed by atoms with Gasteiger partial charge in [-0.05, 0) is 31.2 Å². The molecule has 0 aliphatic carbocycles. The van der Waals surface area contributed by atoms with Gasteiger partial charge in [-0.3, -0.25) is 4.79 Å². The van der Waals surface area contributed by atoms with E-state index in [4.69, 9.17) is 9.47 Å². The fourth-order valence-electron chi connectivity index (χ4n) is 4.54. The van der Waals surface area contributed by atoms with E-state index in [-0.39, 0.29) is 11.8 Å². The van der Waals surface area contributed by atoms with Crippen LogP contribution in [0.15, 0.2) is 42.5 Å². The van der Waals surface area contributed by atoms with Crippen LogP contribution in [-0.2, 0) is 0 Å². The first-order valence-corrected chi connectivity index (χ1v) is 9.79. The molecule has 3 aromatic rings. The molecule has 0 radical (unpaired) electrons. The first kappa shape index (κ1) is 18.6. The van der Waals surface area contributed by atoms with Crippen LogP contribution in [0.5, 0.6) is 11.5 Å². The first-order chi connectivity index (χ1) is 13.6. The zero-order valence-electron chi connectivity index (χ0n) is 16.7. The Labute approximate surface area is 165 Å². The van der Waals surface area contributed by atoms with Crippen molar-refractivity contribution in [2.24, 2.45) is 0 Å². The quantitative estimate of drug-likeness (QED) is 0.647. The number of aromatic amines is 1. The van der Waals surface area contributed by atoms with Crippen LogP contribution in [0.4, 0.5) is 0 Å². The summed E-state index contributed by atoms with van der Waals surface area (Å²) in [7, 11) is 3.37. The highest BCUT2D eigenvalue weighted by Crippen LogP contribution is 2.32. The van der Waals surface area contributed by atoms with Gasteiger partial charge in [-0.2, -0.15) is 0 Å². The molecule has 4 rings (SSSR count). The summed E-state index contributed by atoms with van der Waals surface area (Å²) < 4.78 is 11.0. The third-order valence-electron chi connectivity index (χ3n) is 5.86. The van der Waals surface area contributed by atoms with Crippen molar-refractivity contribution in [1.29, 1.82) is 0 Å². The summed E-state index contributed by atoms with van der Waals surface area (Å²) in [5.41, 5.74) is 3.91. The average molecular weight is 379 g/mol. The maximum Gasteiger partial charge on any atom is 0.219 e. The molecular weight excluding hydrogens is 352 g/mol. The molecule has 2 aromatic carbocycles. The van der Waals surface area contributed by atoms with Gasteiger partial charge < -0.3 is 19.4 Å². The summed E-state index contributed by atoms with van der Waals surface area (Å²) in [5.74, 6) is 1.88. The minimum atomic E-state index is 0.193. The van der Waals surface area contributed by atoms with Crippen LogP contribution in [0, 0.1) is 6.92 Å². The van der Waals surface area contributed by atoms with E-state index in [1.165, 1.54) is 4.90 Å². The lowest BCUT2D eigenvalue weighted by Gasteiger charge is -2.23. The number of H-pyrrole nitrogens is 1. The molecule has 1 saturated heterocycles. The summed E-state index contributed by atoms with van der Waals surface area (Å²) in [4.78, 5) is 17.9. The van der Waals surface area contributed by atoms with Gasteiger partial charge in [0.1, 0.15) is 24.1 Å². The van der Waals surface area contributed by atoms with Crippen LogP contribution in [0.1, 0.15) is 40.5 Å². The second kappa shape index (κ2) is 7.68. The van der Waals surface area contributed by atoms with E-state index >= 15 is 0 Å². The molecule has 1 aliphatic heterocycles. The summed E-state index contributed by atoms with van der Waals surface area (Å²) in [6.07, 6.45) is 2.14. The van der Waals surface area contributed by atoms with Crippen molar-refractivity contribution in [3.63, 3.8) is 0 Å². The van der Waals surface area contributed by atoms with Gasteiger partial charge in [0.05, 0.1) is 31.9 Å². The molecule has 28 heavy (non-hydrogen) atoms. The van der Waals surface area contributed by atoms with Crippen LogP contribution < -0.4 is 14.4 Å². The Morgan fingerprint density at radius 1 is 1.18 bits per heavy atom. The molecule has 5 heteroatoms. The van der Waals surface area contributed by atoms with E-state index in [0.717, 1.165) is 58.6 Å². The predicted octanol–water partition coefficient (Wildman–Crippen LogP) is 3.10. The van der Waals surface area contributed by atoms with E-state index in [0.29, 0.717) is 6.54 Å². The number of hydrogen-bond donors (Lipinski definition) is 2. The number of aryl methyl sites for hydroxylation is 1. The number of ketones is 1. The third kappa shape index (κ3) is 3.27. The fraction of sp³-hybridized carbons (Fsp3) is 0.348. The Balaban J connectivity index is 1.63. The summed E-state index contributed by atoms with van der Waals surface area (Å²) >= 11 is 0. The Morgan fingerprint density at radius 2 is 2.00 bits per heavy atom. The average Bonchev–Trinajstić information content (AvgIpc) is 3.30. The van der Waals surface area contributed by atoms with Crippen molar-refractivity contribution in [3.8, 4) is 11.5 Å². The second-order valence-electron chi connectivity index (χ2n) is 7.48. The number of likely N-dealkylation sites (tertiary alicyclic amines) is 1. The van der Waals surface area contributed by atoms with Crippen molar-refractivity contribution in [3.05, 3.63) is 59.3 Å². The van der Waals surface area contributed by atoms with Gasteiger partial charge in [0.25, 0.3) is 0 Å². The molecular formula is C23H27N2O3+. The number of methoxy groups -OCH3 is 2. The topological polar surface area (TPSA) is 55.8 Å². The SMILES string of the molecule is COc1ccc(OC)c([C@H]2CCC[NH+]2CC(=O)c2c(C)[nH]c3ccccc23)c1. The number of nitrogens with one attached hydrogen (secondary N) is 2. The highest BCUT2D eigenvalue weighted by Gasteiger charge is 2.34. The third-order valence-corrected chi connectivity index (χ3v) is 5.86. The van der Waals surface area contributed by atoms with E-state index in [1.807, 2.05) is 43.3 Å². The van der Waals surface area contributed by atoms with Crippen molar-refractivity contribution in [2.75, 3.05) is 27.3 Å². The lowest BCUT2D eigenvalue weighted by atomic mass is 10.0. The van der Waals surface area contributed by atoms with Gasteiger partial charge in [0.15, 0.2) is 0 Å². The van der Waals surface area contributed by atoms with Gasteiger partial charge in [-0.1, -0.05) is 18.2 Å². The summed E-state index contributed by atoms with van der Waals surface area (Å²) in [5, 5.41) is 1.01. The monoisotopic (exact) mass is 379 g/mol. The molecule has 1 fully saturated rings. The molecule has 5 nitrogen and oxygen atoms in total. The molecule has 0 bridgehead atoms. The van der Waals surface area contributed by atoms with Crippen molar-refractivity contribution >= 4 is 16.7 Å². The molecule has 0 amide bonds. The van der Waals surface area contributed by atoms with E-state index in [2.05, 4.69) is 11.1 Å². The van der Waals surface area contributed by atoms with Crippen LogP contribution in [0.25, 0.3) is 10.9 Å². The zero-order valence-corrected chi connectivity index (χ0v) is 16.7. The zero-order chi connectivity index (χ0) is 19.7. The summed E-state index contributed by atoms with van der Waals surface area (Å²) in [6.45, 7) is 3.45. The van der Waals surface area contributed by atoms with Crippen molar-refractivity contribution < 1.29 is 19.2 Å². The molecule has 146 valence electrons. The maximum atomic E-state index is 13.3. The fourth-order valence-corrected chi connectivity index (χ4v) is 4.54. The number of carbonyl (C=O) groups excluding carboxylic acids is 1. The number of quaternary nitrogens is 1. The molecule has 0 saturated carbocycles. The Hall–Kier alpha value is -2.79. The lowest BCUT2D eigenvalue weighted by molar-refractivity contribution is -0.910. The summed E-state index contributed by atoms with van der Waals surface area (Å²) in [6, 6.07) is 14.2. The van der Waals surface area contributed by atoms with Crippen molar-refractivity contribution in [1.82, 2.24) is 4.98 Å². The smallest absolute Gasteiger partial charge is 0.219 e. The number of ether oxygens (including phenoxy) is 2. The normalized spacial score (nSPS) is 19.1. The van der Waals surface area contributed by atoms with Crippen LogP contribution >= 0.6 is 0 Å². The number of fused-ring (bicyclic) bond motifs is 1. The van der Waals surface area contributed by atoms with Gasteiger partial charge in [-0.15, -0.1) is 0 Å². The van der Waals surface area contributed by atoms with E-state index < -0.39 is 0 Å². The Morgan fingerprint density at radius 3 is 2.79 bits per heavy atom. The first-order valence-electron chi connectivity index (χ1n) is 9.79. The molecule has 1 unspecified atom stereocenters. The number of aromatic nitrogens is 1. The van der Waals surface area contributed by atoms with Crippen LogP contribution in [0.2, 0.25) is 0 Å². The van der Waals surface area contributed by atoms with Crippen molar-refractivity contribution in [2.45, 2.75) is 25.8 Å². The van der Waals surface area contributed by atoms with Gasteiger partial charge in [-0.25, -0.2) is 0 Å². The Bertz CT molecular complexity index is 1010. The number of Topliss-reactive ketones (excluding diaryl/α,β-unsaturated/α-hetero) is 1. The lowest BCUT2D eigenvalue weighted by Crippen LogP contribution is -3.11. The van der Waals surface area contributed by atoms with Crippen LogP contribution in [-0.4, -0.2) is 38.1 Å². The molecule has 2 atom stereocenters. The molecule has 1 aromatic heterocycles. The Kier molecular flexibility index (Phi) is 5.09. The highest BCUT2D eigenvalue weighted by molar-refractivity contribution is 6.09. The van der Waals surface area contributed by atoms with Gasteiger partial charge in [0.2, 0.25) is 5.78 Å². The largest absolute Gasteiger partial charge is 0.497 e. The van der Waals surface area contributed by atoms with Gasteiger partial charge >= 0.3 is 0 Å². The number of rotatable bonds is 6.